The summed E-state index contributed by atoms with van der Waals surface area (Å²) in [5.74, 6) is 0.550. The fourth-order valence-electron chi connectivity index (χ4n) is 3.19. The molecule has 0 radical (unpaired) electrons. The summed E-state index contributed by atoms with van der Waals surface area (Å²) in [6.07, 6.45) is 4.83. The van der Waals surface area contributed by atoms with E-state index in [1.54, 1.807) is 30.7 Å². The Kier molecular flexibility index (Phi) is 5.78. The second-order valence-corrected chi connectivity index (χ2v) is 7.50. The highest BCUT2D eigenvalue weighted by Crippen LogP contribution is 2.41. The second kappa shape index (κ2) is 7.92. The van der Waals surface area contributed by atoms with Crippen molar-refractivity contribution in [1.82, 2.24) is 14.5 Å². The lowest BCUT2D eigenvalue weighted by Crippen LogP contribution is -2.28. The molecule has 27 heavy (non-hydrogen) atoms. The SMILES string of the molecule is CC[C@H](C1CC1)n1cc(Br)nc(Nc2cc(C)c(OC(F)F)nc2C)c1=O. The van der Waals surface area contributed by atoms with Gasteiger partial charge in [0.2, 0.25) is 5.88 Å². The van der Waals surface area contributed by atoms with E-state index in [1.165, 1.54) is 0 Å². The highest BCUT2D eigenvalue weighted by atomic mass is 79.9. The van der Waals surface area contributed by atoms with Gasteiger partial charge in [0.1, 0.15) is 4.60 Å². The van der Waals surface area contributed by atoms with Crippen LogP contribution in [-0.4, -0.2) is 21.1 Å². The van der Waals surface area contributed by atoms with Crippen LogP contribution in [0.25, 0.3) is 0 Å². The average Bonchev–Trinajstić information content (AvgIpc) is 3.41. The Morgan fingerprint density at radius 1 is 1.37 bits per heavy atom. The molecule has 1 fully saturated rings. The van der Waals surface area contributed by atoms with Gasteiger partial charge in [0.15, 0.2) is 5.82 Å². The van der Waals surface area contributed by atoms with Gasteiger partial charge >= 0.3 is 6.61 Å². The summed E-state index contributed by atoms with van der Waals surface area (Å²) < 4.78 is 31.6. The minimum Gasteiger partial charge on any atom is -0.417 e. The lowest BCUT2D eigenvalue weighted by atomic mass is 10.1. The zero-order valence-electron chi connectivity index (χ0n) is 15.3. The first kappa shape index (κ1) is 19.7. The Morgan fingerprint density at radius 2 is 2.07 bits per heavy atom. The molecule has 146 valence electrons. The van der Waals surface area contributed by atoms with Gasteiger partial charge in [-0.05, 0) is 61.0 Å². The molecule has 0 unspecified atom stereocenters. The molecule has 0 aliphatic heterocycles. The Hall–Kier alpha value is -2.03. The second-order valence-electron chi connectivity index (χ2n) is 6.68. The monoisotopic (exact) mass is 442 g/mol. The van der Waals surface area contributed by atoms with Gasteiger partial charge in [0.05, 0.1) is 11.4 Å². The number of hydrogen-bond acceptors (Lipinski definition) is 5. The van der Waals surface area contributed by atoms with Gasteiger partial charge in [0.25, 0.3) is 5.56 Å². The van der Waals surface area contributed by atoms with Crippen LogP contribution in [0.15, 0.2) is 21.7 Å². The smallest absolute Gasteiger partial charge is 0.388 e. The standard InChI is InChI=1S/C18H21BrF2N4O2/c1-4-13(11-5-6-11)25-8-14(19)24-15(17(25)26)23-12-7-9(2)16(22-10(12)3)27-18(20)21/h7-8,11,13,18H,4-6H2,1-3H3,(H,23,24)/t13-/m1/s1. The van der Waals surface area contributed by atoms with Gasteiger partial charge in [0, 0.05) is 17.8 Å². The normalized spacial score (nSPS) is 15.1. The van der Waals surface area contributed by atoms with E-state index in [1.807, 2.05) is 0 Å². The fraction of sp³-hybridized carbons (Fsp3) is 0.500. The first-order chi connectivity index (χ1) is 12.8. The van der Waals surface area contributed by atoms with E-state index >= 15 is 0 Å². The number of anilines is 2. The van der Waals surface area contributed by atoms with Crippen LogP contribution >= 0.6 is 15.9 Å². The van der Waals surface area contributed by atoms with Crippen LogP contribution in [0.1, 0.15) is 43.5 Å². The Bertz CT molecular complexity index is 900. The highest BCUT2D eigenvalue weighted by Gasteiger charge is 2.32. The predicted molar refractivity (Wildman–Crippen MR) is 102 cm³/mol. The third kappa shape index (κ3) is 4.45. The molecule has 2 aromatic rings. The topological polar surface area (TPSA) is 69.0 Å². The van der Waals surface area contributed by atoms with E-state index in [0.29, 0.717) is 27.5 Å². The molecule has 0 amide bonds. The third-order valence-corrected chi connectivity index (χ3v) is 5.04. The molecule has 2 aromatic heterocycles. The van der Waals surface area contributed by atoms with Crippen molar-refractivity contribution >= 4 is 27.4 Å². The van der Waals surface area contributed by atoms with Crippen LogP contribution in [0.3, 0.4) is 0 Å². The molecule has 0 saturated heterocycles. The van der Waals surface area contributed by atoms with Gasteiger partial charge in [-0.2, -0.15) is 8.78 Å². The number of nitrogens with zero attached hydrogens (tertiary/aromatic N) is 3. The van der Waals surface area contributed by atoms with E-state index in [2.05, 4.69) is 42.9 Å². The Balaban J connectivity index is 1.95. The quantitative estimate of drug-likeness (QED) is 0.671. The summed E-state index contributed by atoms with van der Waals surface area (Å²) in [6, 6.07) is 1.75. The van der Waals surface area contributed by atoms with Crippen molar-refractivity contribution in [3.05, 3.63) is 38.5 Å². The third-order valence-electron chi connectivity index (χ3n) is 4.65. The van der Waals surface area contributed by atoms with Gasteiger partial charge in [-0.25, -0.2) is 9.97 Å². The number of rotatable bonds is 7. The summed E-state index contributed by atoms with van der Waals surface area (Å²) in [5.41, 5.74) is 1.16. The molecule has 1 saturated carbocycles. The number of hydrogen-bond donors (Lipinski definition) is 1. The predicted octanol–water partition coefficient (Wildman–Crippen LogP) is 4.72. The first-order valence-electron chi connectivity index (χ1n) is 8.79. The zero-order valence-corrected chi connectivity index (χ0v) is 16.9. The van der Waals surface area contributed by atoms with Crippen molar-refractivity contribution in [2.24, 2.45) is 5.92 Å². The number of ether oxygens (including phenoxy) is 1. The molecule has 0 spiro atoms. The summed E-state index contributed by atoms with van der Waals surface area (Å²) in [4.78, 5) is 21.3. The number of alkyl halides is 2. The number of halogens is 3. The highest BCUT2D eigenvalue weighted by molar-refractivity contribution is 9.10. The van der Waals surface area contributed by atoms with Crippen molar-refractivity contribution in [2.75, 3.05) is 5.32 Å². The molecule has 0 aromatic carbocycles. The molecule has 1 aliphatic rings. The summed E-state index contributed by atoms with van der Waals surface area (Å²) in [5, 5.41) is 3.00. The van der Waals surface area contributed by atoms with E-state index in [9.17, 15) is 13.6 Å². The maximum atomic E-state index is 12.9. The van der Waals surface area contributed by atoms with E-state index in [4.69, 9.17) is 0 Å². The van der Waals surface area contributed by atoms with E-state index in [-0.39, 0.29) is 23.3 Å². The lowest BCUT2D eigenvalue weighted by molar-refractivity contribution is -0.0533. The molecular formula is C18H21BrF2N4O2. The van der Waals surface area contributed by atoms with E-state index < -0.39 is 6.61 Å². The molecule has 3 rings (SSSR count). The molecule has 0 bridgehead atoms. The van der Waals surface area contributed by atoms with Gasteiger partial charge in [-0.3, -0.25) is 4.79 Å². The van der Waals surface area contributed by atoms with Crippen LogP contribution in [0.5, 0.6) is 5.88 Å². The molecule has 1 N–H and O–H groups in total. The molecule has 1 atom stereocenters. The van der Waals surface area contributed by atoms with Gasteiger partial charge in [-0.15, -0.1) is 0 Å². The minimum atomic E-state index is -2.94. The van der Waals surface area contributed by atoms with Gasteiger partial charge < -0.3 is 14.6 Å². The molecule has 9 heteroatoms. The van der Waals surface area contributed by atoms with Crippen LogP contribution in [0.2, 0.25) is 0 Å². The minimum absolute atomic E-state index is 0.132. The number of aromatic nitrogens is 3. The summed E-state index contributed by atoms with van der Waals surface area (Å²) in [7, 11) is 0. The average molecular weight is 443 g/mol. The summed E-state index contributed by atoms with van der Waals surface area (Å²) in [6.45, 7) is 2.38. The maximum absolute atomic E-state index is 12.9. The maximum Gasteiger partial charge on any atom is 0.388 e. The Morgan fingerprint density at radius 3 is 2.67 bits per heavy atom. The van der Waals surface area contributed by atoms with Crippen LogP contribution in [-0.2, 0) is 0 Å². The van der Waals surface area contributed by atoms with E-state index in [0.717, 1.165) is 19.3 Å². The van der Waals surface area contributed by atoms with Crippen molar-refractivity contribution in [3.8, 4) is 5.88 Å². The number of nitrogens with one attached hydrogen (secondary N) is 1. The van der Waals surface area contributed by atoms with Crippen molar-refractivity contribution in [1.29, 1.82) is 0 Å². The van der Waals surface area contributed by atoms with Crippen molar-refractivity contribution < 1.29 is 13.5 Å². The van der Waals surface area contributed by atoms with Crippen LogP contribution in [0.4, 0.5) is 20.3 Å². The summed E-state index contributed by atoms with van der Waals surface area (Å²) >= 11 is 3.37. The Labute approximate surface area is 164 Å². The fourth-order valence-corrected chi connectivity index (χ4v) is 3.58. The van der Waals surface area contributed by atoms with Crippen LogP contribution in [0, 0.1) is 19.8 Å². The molecule has 6 nitrogen and oxygen atoms in total. The zero-order chi connectivity index (χ0) is 19.7. The molecule has 2 heterocycles. The number of aryl methyl sites for hydroxylation is 2. The van der Waals surface area contributed by atoms with Crippen molar-refractivity contribution in [2.45, 2.75) is 52.7 Å². The lowest BCUT2D eigenvalue weighted by Gasteiger charge is -2.19. The van der Waals surface area contributed by atoms with Gasteiger partial charge in [-0.1, -0.05) is 6.92 Å². The van der Waals surface area contributed by atoms with Crippen molar-refractivity contribution in [3.63, 3.8) is 0 Å². The molecular weight excluding hydrogens is 422 g/mol. The largest absolute Gasteiger partial charge is 0.417 e. The number of pyridine rings is 1. The first-order valence-corrected chi connectivity index (χ1v) is 9.58. The van der Waals surface area contributed by atoms with Crippen LogP contribution < -0.4 is 15.6 Å². The molecule has 1 aliphatic carbocycles.